The normalized spacial score (nSPS) is 23.7. The van der Waals surface area contributed by atoms with Crippen LogP contribution in [0.2, 0.25) is 0 Å². The summed E-state index contributed by atoms with van der Waals surface area (Å²) in [6, 6.07) is 7.45. The van der Waals surface area contributed by atoms with Crippen molar-refractivity contribution in [2.75, 3.05) is 6.54 Å². The molecule has 0 heterocycles. The molecule has 1 aliphatic carbocycles. The lowest BCUT2D eigenvalue weighted by atomic mass is 9.79. The third-order valence-corrected chi connectivity index (χ3v) is 4.56. The van der Waals surface area contributed by atoms with Gasteiger partial charge < -0.3 is 15.5 Å². The number of phenolic OH excluding ortho intramolecular Hbond substituents is 1. The van der Waals surface area contributed by atoms with Crippen LogP contribution in [0.1, 0.15) is 50.6 Å². The van der Waals surface area contributed by atoms with E-state index in [9.17, 15) is 15.0 Å². The van der Waals surface area contributed by atoms with E-state index in [-0.39, 0.29) is 23.6 Å². The molecule has 1 aliphatic rings. The number of phenols is 1. The molecule has 3 atom stereocenters. The number of carbonyl (C=O) groups is 1. The maximum absolute atomic E-state index is 11.3. The van der Waals surface area contributed by atoms with Crippen molar-refractivity contribution in [3.8, 4) is 5.75 Å². The van der Waals surface area contributed by atoms with Crippen LogP contribution in [0.25, 0.3) is 0 Å². The highest BCUT2D eigenvalue weighted by Crippen LogP contribution is 2.30. The van der Waals surface area contributed by atoms with Gasteiger partial charge in [0.2, 0.25) is 0 Å². The number of hydrogen-bond donors (Lipinski definition) is 3. The Bertz CT molecular complexity index is 458. The topological polar surface area (TPSA) is 69.6 Å². The summed E-state index contributed by atoms with van der Waals surface area (Å²) < 4.78 is 0. The molecule has 1 saturated carbocycles. The number of carboxylic acids is 1. The summed E-state index contributed by atoms with van der Waals surface area (Å²) in [5.74, 6) is -0.364. The highest BCUT2D eigenvalue weighted by molar-refractivity contribution is 5.70. The Labute approximate surface area is 126 Å². The van der Waals surface area contributed by atoms with E-state index in [2.05, 4.69) is 12.2 Å². The van der Waals surface area contributed by atoms with Gasteiger partial charge in [-0.3, -0.25) is 4.79 Å². The van der Waals surface area contributed by atoms with Crippen LogP contribution in [0, 0.1) is 11.8 Å². The Kier molecular flexibility index (Phi) is 5.62. The molecule has 3 N–H and O–H groups in total. The van der Waals surface area contributed by atoms with E-state index in [1.807, 2.05) is 12.1 Å². The van der Waals surface area contributed by atoms with Crippen LogP contribution in [0.4, 0.5) is 0 Å². The Hall–Kier alpha value is -1.55. The van der Waals surface area contributed by atoms with Crippen LogP contribution in [0.5, 0.6) is 5.75 Å². The first-order valence-corrected chi connectivity index (χ1v) is 7.87. The summed E-state index contributed by atoms with van der Waals surface area (Å²) in [6.45, 7) is 2.86. The van der Waals surface area contributed by atoms with Gasteiger partial charge in [-0.05, 0) is 49.4 Å². The summed E-state index contributed by atoms with van der Waals surface area (Å²) in [6.07, 6.45) is 4.90. The first kappa shape index (κ1) is 15.8. The monoisotopic (exact) mass is 291 g/mol. The van der Waals surface area contributed by atoms with Gasteiger partial charge in [0, 0.05) is 6.04 Å². The van der Waals surface area contributed by atoms with Crippen molar-refractivity contribution in [1.29, 1.82) is 0 Å². The second-order valence-corrected chi connectivity index (χ2v) is 5.95. The minimum atomic E-state index is -0.654. The maximum atomic E-state index is 11.3. The van der Waals surface area contributed by atoms with Gasteiger partial charge in [-0.1, -0.05) is 31.9 Å². The van der Waals surface area contributed by atoms with Crippen molar-refractivity contribution in [2.45, 2.75) is 45.1 Å². The van der Waals surface area contributed by atoms with Crippen LogP contribution in [0.15, 0.2) is 24.3 Å². The lowest BCUT2D eigenvalue weighted by molar-refractivity contribution is -0.144. The lowest BCUT2D eigenvalue weighted by Gasteiger charge is -2.30. The molecule has 0 radical (unpaired) electrons. The molecule has 0 amide bonds. The molecule has 4 nitrogen and oxygen atoms in total. The zero-order valence-corrected chi connectivity index (χ0v) is 12.6. The zero-order chi connectivity index (χ0) is 15.2. The van der Waals surface area contributed by atoms with Crippen LogP contribution in [0.3, 0.4) is 0 Å². The number of aromatic hydroxyl groups is 1. The van der Waals surface area contributed by atoms with Gasteiger partial charge in [-0.2, -0.15) is 0 Å². The highest BCUT2D eigenvalue weighted by atomic mass is 16.4. The van der Waals surface area contributed by atoms with Crippen LogP contribution < -0.4 is 5.32 Å². The van der Waals surface area contributed by atoms with E-state index in [0.29, 0.717) is 0 Å². The van der Waals surface area contributed by atoms with Gasteiger partial charge in [0.1, 0.15) is 5.75 Å². The molecule has 21 heavy (non-hydrogen) atoms. The van der Waals surface area contributed by atoms with Crippen molar-refractivity contribution < 1.29 is 15.0 Å². The van der Waals surface area contributed by atoms with Gasteiger partial charge in [-0.25, -0.2) is 0 Å². The van der Waals surface area contributed by atoms with E-state index in [1.54, 1.807) is 12.1 Å². The Morgan fingerprint density at radius 3 is 2.57 bits per heavy atom. The molecule has 0 spiro atoms. The Morgan fingerprint density at radius 2 is 1.95 bits per heavy atom. The molecule has 0 saturated heterocycles. The van der Waals surface area contributed by atoms with E-state index in [0.717, 1.165) is 44.2 Å². The molecular weight excluding hydrogens is 266 g/mol. The lowest BCUT2D eigenvalue weighted by Crippen LogP contribution is -2.36. The fourth-order valence-electron chi connectivity index (χ4n) is 3.28. The molecule has 0 aliphatic heterocycles. The summed E-state index contributed by atoms with van der Waals surface area (Å²) >= 11 is 0. The number of nitrogens with one attached hydrogen (secondary N) is 1. The van der Waals surface area contributed by atoms with Gasteiger partial charge in [-0.15, -0.1) is 0 Å². The van der Waals surface area contributed by atoms with E-state index < -0.39 is 5.97 Å². The summed E-state index contributed by atoms with van der Waals surface area (Å²) in [7, 11) is 0. The second-order valence-electron chi connectivity index (χ2n) is 5.95. The molecule has 1 aromatic carbocycles. The predicted molar refractivity (Wildman–Crippen MR) is 82.2 cm³/mol. The predicted octanol–water partition coefficient (Wildman–Crippen LogP) is 3.32. The van der Waals surface area contributed by atoms with Crippen molar-refractivity contribution in [3.05, 3.63) is 29.8 Å². The van der Waals surface area contributed by atoms with Crippen molar-refractivity contribution in [2.24, 2.45) is 11.8 Å². The molecule has 116 valence electrons. The van der Waals surface area contributed by atoms with Crippen molar-refractivity contribution >= 4 is 5.97 Å². The maximum Gasteiger partial charge on any atom is 0.306 e. The molecule has 0 aromatic heterocycles. The Balaban J connectivity index is 1.95. The zero-order valence-electron chi connectivity index (χ0n) is 12.6. The average Bonchev–Trinajstić information content (AvgIpc) is 2.50. The molecule has 1 aromatic rings. The van der Waals surface area contributed by atoms with Crippen LogP contribution in [-0.4, -0.2) is 22.7 Å². The fraction of sp³-hybridized carbons (Fsp3) is 0.588. The largest absolute Gasteiger partial charge is 0.508 e. The summed E-state index contributed by atoms with van der Waals surface area (Å²) in [5, 5.41) is 22.2. The average molecular weight is 291 g/mol. The molecule has 3 unspecified atom stereocenters. The van der Waals surface area contributed by atoms with Crippen molar-refractivity contribution in [3.63, 3.8) is 0 Å². The van der Waals surface area contributed by atoms with E-state index in [4.69, 9.17) is 0 Å². The van der Waals surface area contributed by atoms with Crippen LogP contribution in [-0.2, 0) is 4.79 Å². The van der Waals surface area contributed by atoms with E-state index in [1.165, 1.54) is 0 Å². The Morgan fingerprint density at radius 1 is 1.29 bits per heavy atom. The van der Waals surface area contributed by atoms with Gasteiger partial charge in [0.05, 0.1) is 5.92 Å². The van der Waals surface area contributed by atoms with Crippen molar-refractivity contribution in [1.82, 2.24) is 5.32 Å². The highest BCUT2D eigenvalue weighted by Gasteiger charge is 2.30. The quantitative estimate of drug-likeness (QED) is 0.752. The number of benzene rings is 1. The van der Waals surface area contributed by atoms with Gasteiger partial charge >= 0.3 is 5.97 Å². The summed E-state index contributed by atoms with van der Waals surface area (Å²) in [5.41, 5.74) is 1.14. The standard InChI is InChI=1S/C17H25NO3/c1-2-16(12-7-9-14(19)10-8-12)18-11-13-5-3-4-6-15(13)17(20)21/h7-10,13,15-16,18-19H,2-6,11H2,1H3,(H,20,21). The molecule has 1 fully saturated rings. The smallest absolute Gasteiger partial charge is 0.306 e. The third kappa shape index (κ3) is 4.21. The SMILES string of the molecule is CCC(NCC1CCCCC1C(=O)O)c1ccc(O)cc1. The van der Waals surface area contributed by atoms with Gasteiger partial charge in [0.15, 0.2) is 0 Å². The molecular formula is C17H25NO3. The van der Waals surface area contributed by atoms with Gasteiger partial charge in [0.25, 0.3) is 0 Å². The number of carboxylic acid groups (broad SMARTS) is 1. The van der Waals surface area contributed by atoms with E-state index >= 15 is 0 Å². The third-order valence-electron chi connectivity index (χ3n) is 4.56. The summed E-state index contributed by atoms with van der Waals surface area (Å²) in [4.78, 5) is 11.3. The molecule has 4 heteroatoms. The fourth-order valence-corrected chi connectivity index (χ4v) is 3.28. The first-order chi connectivity index (χ1) is 10.1. The number of hydrogen-bond acceptors (Lipinski definition) is 3. The second kappa shape index (κ2) is 7.46. The molecule has 2 rings (SSSR count). The number of rotatable bonds is 6. The first-order valence-electron chi connectivity index (χ1n) is 7.87. The number of aliphatic carboxylic acids is 1. The minimum Gasteiger partial charge on any atom is -0.508 e. The minimum absolute atomic E-state index is 0.205. The molecule has 0 bridgehead atoms. The van der Waals surface area contributed by atoms with Crippen LogP contribution >= 0.6 is 0 Å².